The number of rotatable bonds is 2. The number of furan rings is 1. The zero-order valence-electron chi connectivity index (χ0n) is 22.3. The summed E-state index contributed by atoms with van der Waals surface area (Å²) in [6, 6.07) is 41.1. The lowest BCUT2D eigenvalue weighted by Crippen LogP contribution is -1.93. The van der Waals surface area contributed by atoms with Crippen molar-refractivity contribution in [2.24, 2.45) is 0 Å². The van der Waals surface area contributed by atoms with Gasteiger partial charge in [-0.3, -0.25) is 0 Å². The van der Waals surface area contributed by atoms with Crippen molar-refractivity contribution in [2.45, 2.75) is 0 Å². The molecule has 5 aromatic heterocycles. The minimum absolute atomic E-state index is 0.906. The molecule has 0 aliphatic heterocycles. The van der Waals surface area contributed by atoms with Gasteiger partial charge in [0.15, 0.2) is 0 Å². The molecule has 42 heavy (non-hydrogen) atoms. The first-order valence-corrected chi connectivity index (χ1v) is 14.9. The van der Waals surface area contributed by atoms with Crippen LogP contribution in [0.25, 0.3) is 87.1 Å². The Morgan fingerprint density at radius 2 is 1.31 bits per heavy atom. The van der Waals surface area contributed by atoms with Crippen molar-refractivity contribution in [3.05, 3.63) is 127 Å². The average Bonchev–Trinajstić information content (AvgIpc) is 3.83. The zero-order valence-corrected chi connectivity index (χ0v) is 23.1. The Morgan fingerprint density at radius 3 is 2.21 bits per heavy atom. The standard InChI is InChI=1S/C37H21N3OS/c1-4-10-31-25(8-1)28-19-22(30-21-38-40-33-11-5-2-7-24(33)27-17-18-42-37(27)36(30)40)13-15-32(28)39(31)23-14-16-35-29(20-23)26-9-3-6-12-34(26)41-35/h1-21H. The number of aromatic nitrogens is 3. The van der Waals surface area contributed by atoms with Crippen LogP contribution in [0.3, 0.4) is 0 Å². The molecule has 0 atom stereocenters. The molecule has 0 unspecified atom stereocenters. The molecule has 0 saturated heterocycles. The van der Waals surface area contributed by atoms with Crippen molar-refractivity contribution in [1.29, 1.82) is 0 Å². The van der Waals surface area contributed by atoms with Crippen LogP contribution in [0.1, 0.15) is 0 Å². The highest BCUT2D eigenvalue weighted by molar-refractivity contribution is 7.18. The first-order chi connectivity index (χ1) is 20.8. The molecule has 5 heteroatoms. The SMILES string of the molecule is c1ccc2c(c1)oc1ccc(-n3c4ccccc4c4cc(-c5cnn6c7ccccc7c7ccsc7c56)ccc43)cc12. The number of hydrogen-bond donors (Lipinski definition) is 0. The molecule has 5 heterocycles. The molecule has 0 bridgehead atoms. The smallest absolute Gasteiger partial charge is 0.135 e. The van der Waals surface area contributed by atoms with Crippen LogP contribution < -0.4 is 0 Å². The van der Waals surface area contributed by atoms with Crippen molar-refractivity contribution < 1.29 is 4.42 Å². The maximum atomic E-state index is 6.13. The lowest BCUT2D eigenvalue weighted by atomic mass is 10.0. The van der Waals surface area contributed by atoms with E-state index in [1.54, 1.807) is 11.3 Å². The van der Waals surface area contributed by atoms with Gasteiger partial charge in [-0.05, 0) is 65.5 Å². The quantitative estimate of drug-likeness (QED) is 0.213. The van der Waals surface area contributed by atoms with Crippen LogP contribution in [0.2, 0.25) is 0 Å². The third-order valence-electron chi connectivity index (χ3n) is 8.67. The first-order valence-electron chi connectivity index (χ1n) is 14.0. The van der Waals surface area contributed by atoms with E-state index in [1.165, 1.54) is 48.4 Å². The van der Waals surface area contributed by atoms with Crippen LogP contribution in [0.4, 0.5) is 0 Å². The fourth-order valence-electron chi connectivity index (χ4n) is 6.82. The highest BCUT2D eigenvalue weighted by atomic mass is 32.1. The summed E-state index contributed by atoms with van der Waals surface area (Å²) in [5.41, 5.74) is 9.92. The molecule has 10 aromatic rings. The van der Waals surface area contributed by atoms with Crippen LogP contribution in [0.15, 0.2) is 131 Å². The maximum absolute atomic E-state index is 6.13. The molecule has 0 radical (unpaired) electrons. The van der Waals surface area contributed by atoms with Crippen LogP contribution >= 0.6 is 11.3 Å². The van der Waals surface area contributed by atoms with Gasteiger partial charge in [0.05, 0.1) is 33.0 Å². The van der Waals surface area contributed by atoms with Gasteiger partial charge in [0.2, 0.25) is 0 Å². The Morgan fingerprint density at radius 1 is 0.571 bits per heavy atom. The second-order valence-corrected chi connectivity index (χ2v) is 11.8. The molecule has 0 spiro atoms. The average molecular weight is 556 g/mol. The lowest BCUT2D eigenvalue weighted by molar-refractivity contribution is 0.669. The Bertz CT molecular complexity index is 2700. The number of para-hydroxylation sites is 3. The minimum Gasteiger partial charge on any atom is -0.456 e. The second-order valence-electron chi connectivity index (χ2n) is 10.9. The van der Waals surface area contributed by atoms with Crippen molar-refractivity contribution in [1.82, 2.24) is 14.2 Å². The van der Waals surface area contributed by atoms with E-state index in [1.807, 2.05) is 18.3 Å². The second kappa shape index (κ2) is 8.09. The van der Waals surface area contributed by atoms with Gasteiger partial charge in [0.1, 0.15) is 11.2 Å². The van der Waals surface area contributed by atoms with E-state index in [0.29, 0.717) is 0 Å². The number of pyridine rings is 1. The molecule has 0 saturated carbocycles. The zero-order chi connectivity index (χ0) is 27.4. The molecule has 4 nitrogen and oxygen atoms in total. The summed E-state index contributed by atoms with van der Waals surface area (Å²) in [6.45, 7) is 0. The number of nitrogens with zero attached hydrogens (tertiary/aromatic N) is 3. The molecule has 5 aromatic carbocycles. The van der Waals surface area contributed by atoms with Crippen molar-refractivity contribution in [2.75, 3.05) is 0 Å². The summed E-state index contributed by atoms with van der Waals surface area (Å²) in [6.07, 6.45) is 2.03. The third kappa shape index (κ3) is 2.88. The van der Waals surface area contributed by atoms with Gasteiger partial charge >= 0.3 is 0 Å². The van der Waals surface area contributed by atoms with Gasteiger partial charge in [-0.2, -0.15) is 5.10 Å². The Labute approximate surface area is 243 Å². The summed E-state index contributed by atoms with van der Waals surface area (Å²) in [7, 11) is 0. The predicted molar refractivity (Wildman–Crippen MR) is 175 cm³/mol. The fourth-order valence-corrected chi connectivity index (χ4v) is 7.78. The number of thiophene rings is 1. The Hall–Kier alpha value is -5.39. The van der Waals surface area contributed by atoms with Crippen molar-refractivity contribution >= 4 is 81.6 Å². The molecule has 0 amide bonds. The van der Waals surface area contributed by atoms with E-state index >= 15 is 0 Å². The van der Waals surface area contributed by atoms with Gasteiger partial charge < -0.3 is 8.98 Å². The summed E-state index contributed by atoms with van der Waals surface area (Å²) in [5.74, 6) is 0. The minimum atomic E-state index is 0.906. The topological polar surface area (TPSA) is 35.4 Å². The molecular weight excluding hydrogens is 534 g/mol. The number of benzene rings is 5. The molecule has 196 valence electrons. The maximum Gasteiger partial charge on any atom is 0.135 e. The van der Waals surface area contributed by atoms with E-state index < -0.39 is 0 Å². The van der Waals surface area contributed by atoms with Crippen LogP contribution in [-0.4, -0.2) is 14.2 Å². The molecule has 0 N–H and O–H groups in total. The lowest BCUT2D eigenvalue weighted by Gasteiger charge is -2.09. The van der Waals surface area contributed by atoms with Crippen molar-refractivity contribution in [3.8, 4) is 16.8 Å². The van der Waals surface area contributed by atoms with Gasteiger partial charge in [0.25, 0.3) is 0 Å². The predicted octanol–water partition coefficient (Wildman–Crippen LogP) is 10.4. The highest BCUT2D eigenvalue weighted by Gasteiger charge is 2.19. The Balaban J connectivity index is 1.25. The Kier molecular flexibility index (Phi) is 4.30. The van der Waals surface area contributed by atoms with E-state index in [2.05, 4.69) is 118 Å². The normalized spacial score (nSPS) is 12.3. The largest absolute Gasteiger partial charge is 0.456 e. The molecular formula is C37H21N3OS. The summed E-state index contributed by atoms with van der Waals surface area (Å²) >= 11 is 1.78. The summed E-state index contributed by atoms with van der Waals surface area (Å²) in [4.78, 5) is 0. The molecule has 0 aliphatic carbocycles. The van der Waals surface area contributed by atoms with E-state index in [-0.39, 0.29) is 0 Å². The van der Waals surface area contributed by atoms with Gasteiger partial charge in [-0.25, -0.2) is 4.52 Å². The summed E-state index contributed by atoms with van der Waals surface area (Å²) < 4.78 is 11.9. The monoisotopic (exact) mass is 555 g/mol. The van der Waals surface area contributed by atoms with Gasteiger partial charge in [0, 0.05) is 43.6 Å². The van der Waals surface area contributed by atoms with Gasteiger partial charge in [-0.15, -0.1) is 11.3 Å². The molecule has 0 aliphatic rings. The molecule has 10 rings (SSSR count). The molecule has 0 fully saturated rings. The number of fused-ring (bicyclic) bond motifs is 12. The third-order valence-corrected chi connectivity index (χ3v) is 9.60. The first kappa shape index (κ1) is 22.3. The van der Waals surface area contributed by atoms with E-state index in [9.17, 15) is 0 Å². The van der Waals surface area contributed by atoms with Crippen molar-refractivity contribution in [3.63, 3.8) is 0 Å². The van der Waals surface area contributed by atoms with Gasteiger partial charge in [-0.1, -0.05) is 60.7 Å². The van der Waals surface area contributed by atoms with Crippen LogP contribution in [0.5, 0.6) is 0 Å². The van der Waals surface area contributed by atoms with Crippen LogP contribution in [-0.2, 0) is 0 Å². The van der Waals surface area contributed by atoms with E-state index in [4.69, 9.17) is 9.52 Å². The summed E-state index contributed by atoms with van der Waals surface area (Å²) in [5, 5.41) is 14.3. The fraction of sp³-hybridized carbons (Fsp3) is 0. The highest BCUT2D eigenvalue weighted by Crippen LogP contribution is 2.41. The van der Waals surface area contributed by atoms with E-state index in [0.717, 1.165) is 38.7 Å². The van der Waals surface area contributed by atoms with Crippen LogP contribution in [0, 0.1) is 0 Å². The number of hydrogen-bond acceptors (Lipinski definition) is 3.